The molecule has 0 unspecified atom stereocenters. The van der Waals surface area contributed by atoms with Crippen molar-refractivity contribution in [3.63, 3.8) is 0 Å². The maximum absolute atomic E-state index is 13.5. The topological polar surface area (TPSA) is 92.5 Å². The van der Waals surface area contributed by atoms with Crippen molar-refractivity contribution >= 4 is 27.3 Å². The van der Waals surface area contributed by atoms with Crippen molar-refractivity contribution in [1.29, 1.82) is 0 Å². The van der Waals surface area contributed by atoms with Crippen molar-refractivity contribution in [1.82, 2.24) is 4.31 Å². The number of sulfonamides is 1. The van der Waals surface area contributed by atoms with Gasteiger partial charge in [-0.3, -0.25) is 4.79 Å². The first-order valence-corrected chi connectivity index (χ1v) is 9.03. The molecule has 0 saturated heterocycles. The summed E-state index contributed by atoms with van der Waals surface area (Å²) in [4.78, 5) is 12.2. The normalized spacial score (nSPS) is 11.6. The van der Waals surface area contributed by atoms with E-state index in [1.165, 1.54) is 20.2 Å². The number of aryl methyl sites for hydroxylation is 1. The van der Waals surface area contributed by atoms with Crippen LogP contribution in [0.4, 0.5) is 20.2 Å². The minimum absolute atomic E-state index is 0.0601. The molecule has 3 N–H and O–H groups in total. The molecule has 0 aliphatic carbocycles. The number of hydrogen-bond donors (Lipinski definition) is 2. The predicted octanol–water partition coefficient (Wildman–Crippen LogP) is 2.29. The van der Waals surface area contributed by atoms with E-state index in [0.29, 0.717) is 5.56 Å². The van der Waals surface area contributed by atoms with E-state index in [1.54, 1.807) is 19.1 Å². The summed E-state index contributed by atoms with van der Waals surface area (Å²) in [5, 5.41) is 2.52. The molecule has 0 aromatic heterocycles. The van der Waals surface area contributed by atoms with Crippen LogP contribution in [0.1, 0.15) is 11.1 Å². The van der Waals surface area contributed by atoms with Gasteiger partial charge in [0.15, 0.2) is 0 Å². The van der Waals surface area contributed by atoms with E-state index < -0.39 is 33.3 Å². The number of rotatable bonds is 5. The van der Waals surface area contributed by atoms with Crippen LogP contribution >= 0.6 is 0 Å². The SMILES string of the molecule is Cc1ccc(NC(=O)Cc2cc(F)c(N)c(F)c2)cc1S(=O)(=O)N(C)C. The molecular weight excluding hydrogens is 364 g/mol. The van der Waals surface area contributed by atoms with E-state index in [0.717, 1.165) is 16.4 Å². The third-order valence-corrected chi connectivity index (χ3v) is 5.69. The Morgan fingerprint density at radius 3 is 2.27 bits per heavy atom. The number of nitrogen functional groups attached to an aromatic ring is 1. The third-order valence-electron chi connectivity index (χ3n) is 3.73. The second kappa shape index (κ2) is 7.38. The first kappa shape index (κ1) is 19.8. The zero-order valence-electron chi connectivity index (χ0n) is 14.5. The Morgan fingerprint density at radius 2 is 1.73 bits per heavy atom. The molecule has 0 aliphatic heterocycles. The summed E-state index contributed by atoms with van der Waals surface area (Å²) in [5.74, 6) is -2.43. The van der Waals surface area contributed by atoms with Crippen LogP contribution in [-0.2, 0) is 21.2 Å². The number of nitrogens with two attached hydrogens (primary N) is 1. The number of carbonyl (C=O) groups is 1. The van der Waals surface area contributed by atoms with Crippen LogP contribution in [0.15, 0.2) is 35.2 Å². The lowest BCUT2D eigenvalue weighted by atomic mass is 10.1. The highest BCUT2D eigenvalue weighted by Gasteiger charge is 2.20. The van der Waals surface area contributed by atoms with Gasteiger partial charge in [-0.15, -0.1) is 0 Å². The molecule has 0 radical (unpaired) electrons. The number of carbonyl (C=O) groups excluding carboxylic acids is 1. The fourth-order valence-corrected chi connectivity index (χ4v) is 3.43. The van der Waals surface area contributed by atoms with Crippen molar-refractivity contribution in [3.05, 3.63) is 53.1 Å². The number of nitrogens with zero attached hydrogens (tertiary/aromatic N) is 1. The molecule has 6 nitrogen and oxygen atoms in total. The second-order valence-corrected chi connectivity index (χ2v) is 8.09. The van der Waals surface area contributed by atoms with Crippen LogP contribution < -0.4 is 11.1 Å². The molecule has 0 saturated carbocycles. The summed E-state index contributed by atoms with van der Waals surface area (Å²) >= 11 is 0. The first-order valence-electron chi connectivity index (χ1n) is 7.59. The summed E-state index contributed by atoms with van der Waals surface area (Å²) < 4.78 is 52.6. The van der Waals surface area contributed by atoms with Crippen LogP contribution in [0.5, 0.6) is 0 Å². The fourth-order valence-electron chi connectivity index (χ4n) is 2.28. The van der Waals surface area contributed by atoms with Crippen LogP contribution in [-0.4, -0.2) is 32.7 Å². The van der Waals surface area contributed by atoms with Crippen molar-refractivity contribution in [3.8, 4) is 0 Å². The molecule has 0 spiro atoms. The van der Waals surface area contributed by atoms with Gasteiger partial charge in [0.05, 0.1) is 11.3 Å². The Balaban J connectivity index is 2.23. The fraction of sp³-hybridized carbons (Fsp3) is 0.235. The molecule has 0 heterocycles. The van der Waals surface area contributed by atoms with E-state index in [1.807, 2.05) is 0 Å². The van der Waals surface area contributed by atoms with Gasteiger partial charge in [0.2, 0.25) is 15.9 Å². The summed E-state index contributed by atoms with van der Waals surface area (Å²) in [7, 11) is -0.858. The number of anilines is 2. The zero-order chi connectivity index (χ0) is 19.6. The summed E-state index contributed by atoms with van der Waals surface area (Å²) in [5.41, 5.74) is 5.48. The Labute approximate surface area is 150 Å². The number of benzene rings is 2. The predicted molar refractivity (Wildman–Crippen MR) is 95.2 cm³/mol. The number of amides is 1. The minimum atomic E-state index is -3.67. The molecule has 1 amide bonds. The quantitative estimate of drug-likeness (QED) is 0.775. The van der Waals surface area contributed by atoms with Crippen molar-refractivity contribution in [2.45, 2.75) is 18.2 Å². The average molecular weight is 383 g/mol. The van der Waals surface area contributed by atoms with Gasteiger partial charge >= 0.3 is 0 Å². The maximum atomic E-state index is 13.5. The molecule has 2 aromatic carbocycles. The minimum Gasteiger partial charge on any atom is -0.394 e. The lowest BCUT2D eigenvalue weighted by Crippen LogP contribution is -2.23. The standard InChI is InChI=1S/C17H19F2N3O3S/c1-10-4-5-12(9-15(10)26(24,25)22(2)3)21-16(23)8-11-6-13(18)17(20)14(19)7-11/h4-7,9H,8,20H2,1-3H3,(H,21,23). The number of nitrogens with one attached hydrogen (secondary N) is 1. The highest BCUT2D eigenvalue weighted by Crippen LogP contribution is 2.23. The van der Waals surface area contributed by atoms with E-state index >= 15 is 0 Å². The van der Waals surface area contributed by atoms with Crippen molar-refractivity contribution in [2.75, 3.05) is 25.1 Å². The van der Waals surface area contributed by atoms with Gasteiger partial charge in [-0.25, -0.2) is 21.5 Å². The van der Waals surface area contributed by atoms with Gasteiger partial charge < -0.3 is 11.1 Å². The smallest absolute Gasteiger partial charge is 0.242 e. The van der Waals surface area contributed by atoms with Gasteiger partial charge in [0.25, 0.3) is 0 Å². The van der Waals surface area contributed by atoms with E-state index in [4.69, 9.17) is 5.73 Å². The number of halogens is 2. The lowest BCUT2D eigenvalue weighted by Gasteiger charge is -2.15. The van der Waals surface area contributed by atoms with Crippen LogP contribution in [0, 0.1) is 18.6 Å². The summed E-state index contributed by atoms with van der Waals surface area (Å²) in [6, 6.07) is 6.41. The van der Waals surface area contributed by atoms with Crippen LogP contribution in [0.3, 0.4) is 0 Å². The molecule has 26 heavy (non-hydrogen) atoms. The Bertz CT molecular complexity index is 937. The van der Waals surface area contributed by atoms with Crippen molar-refractivity contribution < 1.29 is 22.0 Å². The maximum Gasteiger partial charge on any atom is 0.242 e. The van der Waals surface area contributed by atoms with Gasteiger partial charge in [-0.1, -0.05) is 6.07 Å². The molecule has 9 heteroatoms. The Morgan fingerprint density at radius 1 is 1.15 bits per heavy atom. The zero-order valence-corrected chi connectivity index (χ0v) is 15.3. The van der Waals surface area contributed by atoms with Gasteiger partial charge in [-0.05, 0) is 42.3 Å². The highest BCUT2D eigenvalue weighted by molar-refractivity contribution is 7.89. The summed E-state index contributed by atoms with van der Waals surface area (Å²) in [6.07, 6.45) is -0.294. The van der Waals surface area contributed by atoms with Gasteiger partial charge in [0, 0.05) is 19.8 Å². The summed E-state index contributed by atoms with van der Waals surface area (Å²) in [6.45, 7) is 1.64. The highest BCUT2D eigenvalue weighted by atomic mass is 32.2. The Kier molecular flexibility index (Phi) is 5.62. The van der Waals surface area contributed by atoms with Crippen LogP contribution in [0.25, 0.3) is 0 Å². The molecule has 0 bridgehead atoms. The molecule has 2 aromatic rings. The lowest BCUT2D eigenvalue weighted by molar-refractivity contribution is -0.115. The third kappa shape index (κ3) is 4.17. The van der Waals surface area contributed by atoms with E-state index in [9.17, 15) is 22.0 Å². The van der Waals surface area contributed by atoms with Gasteiger partial charge in [0.1, 0.15) is 17.3 Å². The Hall–Kier alpha value is -2.52. The largest absolute Gasteiger partial charge is 0.394 e. The number of hydrogen-bond acceptors (Lipinski definition) is 4. The molecule has 140 valence electrons. The van der Waals surface area contributed by atoms with E-state index in [2.05, 4.69) is 5.32 Å². The monoisotopic (exact) mass is 383 g/mol. The van der Waals surface area contributed by atoms with Crippen LogP contribution in [0.2, 0.25) is 0 Å². The molecule has 2 rings (SSSR count). The molecule has 0 aliphatic rings. The molecular formula is C17H19F2N3O3S. The molecule has 0 fully saturated rings. The van der Waals surface area contributed by atoms with E-state index in [-0.39, 0.29) is 22.6 Å². The van der Waals surface area contributed by atoms with Gasteiger partial charge in [-0.2, -0.15) is 0 Å². The van der Waals surface area contributed by atoms with Crippen molar-refractivity contribution in [2.24, 2.45) is 0 Å². The molecule has 0 atom stereocenters. The average Bonchev–Trinajstić information content (AvgIpc) is 2.54. The second-order valence-electron chi connectivity index (χ2n) is 5.97. The first-order chi connectivity index (χ1) is 12.0.